The van der Waals surface area contributed by atoms with Crippen molar-refractivity contribution >= 4 is 11.9 Å². The highest BCUT2D eigenvalue weighted by atomic mass is 16.5. The minimum absolute atomic E-state index is 0.206. The predicted molar refractivity (Wildman–Crippen MR) is 51.1 cm³/mol. The highest BCUT2D eigenvalue weighted by Crippen LogP contribution is 2.37. The number of carboxylic acids is 1. The number of esters is 1. The van der Waals surface area contributed by atoms with Gasteiger partial charge in [0.05, 0.1) is 13.0 Å². The molecule has 0 saturated carbocycles. The molecular formula is C10H13NO4. The first-order chi connectivity index (χ1) is 7.10. The van der Waals surface area contributed by atoms with Gasteiger partial charge in [0.1, 0.15) is 5.54 Å². The largest absolute Gasteiger partial charge is 0.481 e. The van der Waals surface area contributed by atoms with E-state index >= 15 is 0 Å². The highest BCUT2D eigenvalue weighted by molar-refractivity contribution is 5.91. The third-order valence-electron chi connectivity index (χ3n) is 3.20. The molecule has 3 unspecified atom stereocenters. The summed E-state index contributed by atoms with van der Waals surface area (Å²) in [6.45, 7) is 0.634. The van der Waals surface area contributed by atoms with Gasteiger partial charge >= 0.3 is 11.9 Å². The van der Waals surface area contributed by atoms with Crippen LogP contribution in [0.25, 0.3) is 0 Å². The molecule has 5 nitrogen and oxygen atoms in total. The lowest BCUT2D eigenvalue weighted by Crippen LogP contribution is -2.65. The maximum absolute atomic E-state index is 11.7. The van der Waals surface area contributed by atoms with E-state index in [1.54, 1.807) is 6.08 Å². The lowest BCUT2D eigenvalue weighted by Gasteiger charge is -2.44. The van der Waals surface area contributed by atoms with Crippen LogP contribution in [0, 0.1) is 11.8 Å². The van der Waals surface area contributed by atoms with E-state index in [4.69, 9.17) is 5.11 Å². The minimum atomic E-state index is -1.16. The van der Waals surface area contributed by atoms with Crippen LogP contribution in [0.2, 0.25) is 0 Å². The van der Waals surface area contributed by atoms with Crippen molar-refractivity contribution in [3.05, 3.63) is 12.2 Å². The summed E-state index contributed by atoms with van der Waals surface area (Å²) in [5.41, 5.74) is -1.16. The fraction of sp³-hybridized carbons (Fsp3) is 0.600. The number of hydrogen-bond donors (Lipinski definition) is 2. The van der Waals surface area contributed by atoms with Crippen LogP contribution >= 0.6 is 0 Å². The average molecular weight is 211 g/mol. The van der Waals surface area contributed by atoms with Crippen molar-refractivity contribution in [2.75, 3.05) is 13.7 Å². The Bertz CT molecular complexity index is 338. The van der Waals surface area contributed by atoms with Crippen LogP contribution in [0.5, 0.6) is 0 Å². The Balaban J connectivity index is 2.39. The Kier molecular flexibility index (Phi) is 2.26. The molecule has 82 valence electrons. The zero-order valence-electron chi connectivity index (χ0n) is 8.40. The summed E-state index contributed by atoms with van der Waals surface area (Å²) in [5.74, 6) is -2.00. The van der Waals surface area contributed by atoms with Gasteiger partial charge in [-0.05, 0) is 12.3 Å². The molecule has 3 aliphatic rings. The molecule has 0 aromatic rings. The van der Waals surface area contributed by atoms with E-state index in [9.17, 15) is 9.59 Å². The lowest BCUT2D eigenvalue weighted by atomic mass is 9.69. The summed E-state index contributed by atoms with van der Waals surface area (Å²) in [6, 6.07) is 0. The van der Waals surface area contributed by atoms with Crippen molar-refractivity contribution in [2.45, 2.75) is 12.0 Å². The van der Waals surface area contributed by atoms with Crippen LogP contribution < -0.4 is 5.32 Å². The van der Waals surface area contributed by atoms with Gasteiger partial charge in [0.2, 0.25) is 0 Å². The molecule has 0 spiro atoms. The molecular weight excluding hydrogens is 198 g/mol. The number of fused-ring (bicyclic) bond motifs is 2. The van der Waals surface area contributed by atoms with E-state index < -0.39 is 23.4 Å². The van der Waals surface area contributed by atoms with Crippen molar-refractivity contribution < 1.29 is 19.4 Å². The number of aliphatic carboxylic acids is 1. The van der Waals surface area contributed by atoms with Gasteiger partial charge in [-0.3, -0.25) is 10.1 Å². The Morgan fingerprint density at radius 3 is 2.80 bits per heavy atom. The molecule has 0 aromatic carbocycles. The Hall–Kier alpha value is -1.36. The molecule has 0 amide bonds. The molecule has 0 aromatic heterocycles. The number of piperidine rings is 1. The normalized spacial score (nSPS) is 37.7. The van der Waals surface area contributed by atoms with Gasteiger partial charge < -0.3 is 9.84 Å². The molecule has 2 heterocycles. The molecule has 1 saturated heterocycles. The van der Waals surface area contributed by atoms with Gasteiger partial charge in [-0.2, -0.15) is 0 Å². The number of rotatable bonds is 2. The first-order valence-corrected chi connectivity index (χ1v) is 4.86. The third-order valence-corrected chi connectivity index (χ3v) is 3.20. The zero-order valence-corrected chi connectivity index (χ0v) is 8.40. The highest BCUT2D eigenvalue weighted by Gasteiger charge is 2.54. The Labute approximate surface area is 87.1 Å². The Morgan fingerprint density at radius 1 is 1.60 bits per heavy atom. The molecule has 15 heavy (non-hydrogen) atoms. The average Bonchev–Trinajstić information content (AvgIpc) is 2.29. The van der Waals surface area contributed by atoms with Crippen LogP contribution in [0.15, 0.2) is 12.2 Å². The number of ether oxygens (including phenoxy) is 1. The fourth-order valence-electron chi connectivity index (χ4n) is 2.35. The maximum atomic E-state index is 11.7. The number of nitrogens with one attached hydrogen (secondary N) is 1. The standard InChI is InChI=1S/C10H13NO4/c1-15-9(14)10-3-2-6(5-11-10)4-7(10)8(12)13/h2-3,6-7,11H,4-5H2,1H3,(H,12,13). The first kappa shape index (κ1) is 10.2. The van der Waals surface area contributed by atoms with E-state index in [1.165, 1.54) is 7.11 Å². The van der Waals surface area contributed by atoms with Crippen molar-refractivity contribution in [3.8, 4) is 0 Å². The Morgan fingerprint density at radius 2 is 2.33 bits per heavy atom. The van der Waals surface area contributed by atoms with Gasteiger partial charge in [0, 0.05) is 6.54 Å². The van der Waals surface area contributed by atoms with Gasteiger partial charge in [0.15, 0.2) is 0 Å². The predicted octanol–water partition coefficient (Wildman–Crippen LogP) is -0.222. The van der Waals surface area contributed by atoms with Crippen LogP contribution in [0.1, 0.15) is 6.42 Å². The minimum Gasteiger partial charge on any atom is -0.481 e. The van der Waals surface area contributed by atoms with E-state index in [0.29, 0.717) is 13.0 Å². The van der Waals surface area contributed by atoms with E-state index in [2.05, 4.69) is 10.1 Å². The van der Waals surface area contributed by atoms with Gasteiger partial charge in [-0.15, -0.1) is 0 Å². The van der Waals surface area contributed by atoms with Gasteiger partial charge in [0.25, 0.3) is 0 Å². The smallest absolute Gasteiger partial charge is 0.331 e. The van der Waals surface area contributed by atoms with Crippen LogP contribution in [-0.2, 0) is 14.3 Å². The molecule has 1 fully saturated rings. The number of carbonyl (C=O) groups is 2. The monoisotopic (exact) mass is 211 g/mol. The lowest BCUT2D eigenvalue weighted by molar-refractivity contribution is -0.160. The van der Waals surface area contributed by atoms with Gasteiger partial charge in [-0.1, -0.05) is 12.2 Å². The molecule has 3 atom stereocenters. The summed E-state index contributed by atoms with van der Waals surface area (Å²) in [5, 5.41) is 12.1. The molecule has 0 radical (unpaired) electrons. The van der Waals surface area contributed by atoms with E-state index in [0.717, 1.165) is 0 Å². The summed E-state index contributed by atoms with van der Waals surface area (Å²) < 4.78 is 4.67. The van der Waals surface area contributed by atoms with Crippen LogP contribution in [-0.4, -0.2) is 36.2 Å². The quantitative estimate of drug-likeness (QED) is 0.488. The van der Waals surface area contributed by atoms with Crippen LogP contribution in [0.3, 0.4) is 0 Å². The van der Waals surface area contributed by atoms with E-state index in [1.807, 2.05) is 6.08 Å². The SMILES string of the molecule is COC(=O)C12C=CC(CN1)CC2C(=O)O. The molecule has 3 rings (SSSR count). The molecule has 2 N–H and O–H groups in total. The number of methoxy groups -OCH3 is 1. The summed E-state index contributed by atoms with van der Waals surface area (Å²) in [6.07, 6.45) is 4.02. The second-order valence-corrected chi connectivity index (χ2v) is 3.99. The molecule has 5 heteroatoms. The van der Waals surface area contributed by atoms with Crippen LogP contribution in [0.4, 0.5) is 0 Å². The summed E-state index contributed by atoms with van der Waals surface area (Å²) >= 11 is 0. The van der Waals surface area contributed by atoms with E-state index in [-0.39, 0.29) is 5.92 Å². The van der Waals surface area contributed by atoms with Crippen molar-refractivity contribution in [1.29, 1.82) is 0 Å². The van der Waals surface area contributed by atoms with Crippen molar-refractivity contribution in [2.24, 2.45) is 11.8 Å². The van der Waals surface area contributed by atoms with Crippen molar-refractivity contribution in [1.82, 2.24) is 5.32 Å². The molecule has 2 aliphatic heterocycles. The maximum Gasteiger partial charge on any atom is 0.331 e. The number of carboxylic acid groups (broad SMARTS) is 1. The first-order valence-electron chi connectivity index (χ1n) is 4.86. The van der Waals surface area contributed by atoms with Crippen molar-refractivity contribution in [3.63, 3.8) is 0 Å². The summed E-state index contributed by atoms with van der Waals surface area (Å²) in [4.78, 5) is 22.7. The van der Waals surface area contributed by atoms with Gasteiger partial charge in [-0.25, -0.2) is 4.79 Å². The topological polar surface area (TPSA) is 75.6 Å². The number of carbonyl (C=O) groups excluding carboxylic acids is 1. The zero-order chi connectivity index (χ0) is 11.1. The summed E-state index contributed by atoms with van der Waals surface area (Å²) in [7, 11) is 1.27. The second kappa shape index (κ2) is 3.34. The molecule has 1 aliphatic carbocycles. The molecule has 2 bridgehead atoms. The number of hydrogen-bond acceptors (Lipinski definition) is 4. The third kappa shape index (κ3) is 1.34. The second-order valence-electron chi connectivity index (χ2n) is 3.99. The fourth-order valence-corrected chi connectivity index (χ4v) is 2.35.